The summed E-state index contributed by atoms with van der Waals surface area (Å²) in [5.41, 5.74) is 1.58. The zero-order valence-electron chi connectivity index (χ0n) is 12.7. The quantitative estimate of drug-likeness (QED) is 0.616. The molecule has 1 aliphatic rings. The third kappa shape index (κ3) is 3.92. The second-order valence-electron chi connectivity index (χ2n) is 5.43. The van der Waals surface area contributed by atoms with E-state index in [1.54, 1.807) is 20.1 Å². The molecule has 0 radical (unpaired) electrons. The van der Waals surface area contributed by atoms with Crippen molar-refractivity contribution >= 4 is 11.4 Å². The first-order chi connectivity index (χ1) is 10.1. The van der Waals surface area contributed by atoms with Crippen LogP contribution in [0.2, 0.25) is 0 Å². The number of nitro groups is 1. The van der Waals surface area contributed by atoms with Crippen LogP contribution in [0.4, 0.5) is 11.4 Å². The van der Waals surface area contributed by atoms with Crippen molar-refractivity contribution in [3.05, 3.63) is 33.9 Å². The van der Waals surface area contributed by atoms with Gasteiger partial charge in [-0.2, -0.15) is 0 Å². The molecule has 2 rings (SSSR count). The van der Waals surface area contributed by atoms with Crippen molar-refractivity contribution in [2.75, 3.05) is 38.3 Å². The summed E-state index contributed by atoms with van der Waals surface area (Å²) >= 11 is 0. The van der Waals surface area contributed by atoms with E-state index in [9.17, 15) is 10.1 Å². The van der Waals surface area contributed by atoms with Gasteiger partial charge < -0.3 is 15.0 Å². The van der Waals surface area contributed by atoms with Gasteiger partial charge in [-0.3, -0.25) is 10.1 Å². The zero-order valence-corrected chi connectivity index (χ0v) is 12.7. The van der Waals surface area contributed by atoms with Crippen molar-refractivity contribution in [3.63, 3.8) is 0 Å². The molecule has 0 saturated carbocycles. The van der Waals surface area contributed by atoms with E-state index in [-0.39, 0.29) is 10.6 Å². The van der Waals surface area contributed by atoms with Crippen LogP contribution in [0.25, 0.3) is 0 Å². The molecule has 6 nitrogen and oxygen atoms in total. The number of aryl methyl sites for hydroxylation is 1. The lowest BCUT2D eigenvalue weighted by atomic mass is 10.1. The van der Waals surface area contributed by atoms with Crippen molar-refractivity contribution in [3.8, 4) is 0 Å². The first-order valence-electron chi connectivity index (χ1n) is 7.34. The molecule has 0 spiro atoms. The van der Waals surface area contributed by atoms with E-state index >= 15 is 0 Å². The lowest BCUT2D eigenvalue weighted by Crippen LogP contribution is -2.39. The van der Waals surface area contributed by atoms with E-state index < -0.39 is 0 Å². The fraction of sp³-hybridized carbons (Fsp3) is 0.600. The van der Waals surface area contributed by atoms with E-state index in [4.69, 9.17) is 4.74 Å². The maximum absolute atomic E-state index is 11.4. The van der Waals surface area contributed by atoms with Crippen molar-refractivity contribution in [2.45, 2.75) is 25.8 Å². The number of nitro benzene ring substituents is 1. The fourth-order valence-corrected chi connectivity index (χ4v) is 2.83. The van der Waals surface area contributed by atoms with E-state index in [2.05, 4.69) is 10.2 Å². The lowest BCUT2D eigenvalue weighted by molar-refractivity contribution is -0.384. The standard InChI is InChI=1S/C15H23N3O3/c1-12-5-3-7-14(15(12)18(19)20)17(9-10-21-2)11-13-6-4-8-16-13/h3,5,7,13,16H,4,6,8-11H2,1-2H3. The van der Waals surface area contributed by atoms with Crippen molar-refractivity contribution < 1.29 is 9.66 Å². The van der Waals surface area contributed by atoms with Gasteiger partial charge in [0.2, 0.25) is 0 Å². The molecule has 21 heavy (non-hydrogen) atoms. The first-order valence-corrected chi connectivity index (χ1v) is 7.34. The average Bonchev–Trinajstić information content (AvgIpc) is 2.95. The summed E-state index contributed by atoms with van der Waals surface area (Å²) in [5, 5.41) is 14.8. The molecular weight excluding hydrogens is 270 g/mol. The third-order valence-electron chi connectivity index (χ3n) is 3.91. The van der Waals surface area contributed by atoms with E-state index in [0.29, 0.717) is 30.4 Å². The van der Waals surface area contributed by atoms with Crippen LogP contribution in [0.15, 0.2) is 18.2 Å². The molecule has 6 heteroatoms. The Labute approximate surface area is 125 Å². The van der Waals surface area contributed by atoms with Gasteiger partial charge in [0.15, 0.2) is 0 Å². The largest absolute Gasteiger partial charge is 0.383 e. The number of anilines is 1. The van der Waals surface area contributed by atoms with E-state index in [1.807, 2.05) is 12.1 Å². The lowest BCUT2D eigenvalue weighted by Gasteiger charge is -2.27. The second-order valence-corrected chi connectivity index (χ2v) is 5.43. The van der Waals surface area contributed by atoms with Gasteiger partial charge in [0.25, 0.3) is 5.69 Å². The summed E-state index contributed by atoms with van der Waals surface area (Å²) in [5.74, 6) is 0. The molecule has 1 atom stereocenters. The minimum absolute atomic E-state index is 0.201. The van der Waals surface area contributed by atoms with Crippen LogP contribution >= 0.6 is 0 Å². The van der Waals surface area contributed by atoms with Crippen LogP contribution in [-0.4, -0.2) is 44.3 Å². The Morgan fingerprint density at radius 3 is 2.95 bits per heavy atom. The highest BCUT2D eigenvalue weighted by Gasteiger charge is 2.24. The SMILES string of the molecule is COCCN(CC1CCCN1)c1cccc(C)c1[N+](=O)[O-]. The molecule has 1 unspecified atom stereocenters. The highest BCUT2D eigenvalue weighted by Crippen LogP contribution is 2.31. The Balaban J connectivity index is 2.26. The van der Waals surface area contributed by atoms with Gasteiger partial charge >= 0.3 is 0 Å². The number of nitrogens with zero attached hydrogens (tertiary/aromatic N) is 2. The zero-order chi connectivity index (χ0) is 15.2. The Kier molecular flexibility index (Phi) is 5.52. The number of benzene rings is 1. The molecule has 0 aliphatic carbocycles. The van der Waals surface area contributed by atoms with Gasteiger partial charge in [0.1, 0.15) is 5.69 Å². The van der Waals surface area contributed by atoms with E-state index in [0.717, 1.165) is 19.5 Å². The molecular formula is C15H23N3O3. The molecule has 0 bridgehead atoms. The van der Waals surface area contributed by atoms with Gasteiger partial charge in [-0.15, -0.1) is 0 Å². The van der Waals surface area contributed by atoms with Gasteiger partial charge in [-0.05, 0) is 32.4 Å². The molecule has 1 saturated heterocycles. The van der Waals surface area contributed by atoms with Crippen molar-refractivity contribution in [1.29, 1.82) is 0 Å². The predicted molar refractivity (Wildman–Crippen MR) is 82.9 cm³/mol. The number of methoxy groups -OCH3 is 1. The Morgan fingerprint density at radius 1 is 1.52 bits per heavy atom. The number of rotatable bonds is 7. The molecule has 0 aromatic heterocycles. The maximum atomic E-state index is 11.4. The van der Waals surface area contributed by atoms with Gasteiger partial charge in [0, 0.05) is 31.8 Å². The van der Waals surface area contributed by atoms with Gasteiger partial charge in [0.05, 0.1) is 11.5 Å². The molecule has 0 amide bonds. The minimum Gasteiger partial charge on any atom is -0.383 e. The molecule has 1 heterocycles. The third-order valence-corrected chi connectivity index (χ3v) is 3.91. The monoisotopic (exact) mass is 293 g/mol. The number of nitrogens with one attached hydrogen (secondary N) is 1. The summed E-state index contributed by atoms with van der Waals surface area (Å²) in [6.45, 7) is 4.78. The Bertz CT molecular complexity index is 487. The molecule has 1 aliphatic heterocycles. The molecule has 116 valence electrons. The molecule has 1 aromatic carbocycles. The first kappa shape index (κ1) is 15.7. The molecule has 1 aromatic rings. The van der Waals surface area contributed by atoms with Crippen LogP contribution in [0.3, 0.4) is 0 Å². The number of ether oxygens (including phenoxy) is 1. The predicted octanol–water partition coefficient (Wildman–Crippen LogP) is 2.11. The average molecular weight is 293 g/mol. The highest BCUT2D eigenvalue weighted by molar-refractivity contribution is 5.66. The highest BCUT2D eigenvalue weighted by atomic mass is 16.6. The molecule has 1 N–H and O–H groups in total. The number of hydrogen-bond donors (Lipinski definition) is 1. The molecule has 1 fully saturated rings. The van der Waals surface area contributed by atoms with Crippen LogP contribution in [0, 0.1) is 17.0 Å². The summed E-state index contributed by atoms with van der Waals surface area (Å²) in [6, 6.07) is 5.88. The normalized spacial score (nSPS) is 17.9. The number of para-hydroxylation sites is 1. The van der Waals surface area contributed by atoms with Gasteiger partial charge in [-0.1, -0.05) is 12.1 Å². The number of hydrogen-bond acceptors (Lipinski definition) is 5. The fourth-order valence-electron chi connectivity index (χ4n) is 2.83. The Morgan fingerprint density at radius 2 is 2.33 bits per heavy atom. The van der Waals surface area contributed by atoms with Crippen LogP contribution < -0.4 is 10.2 Å². The summed E-state index contributed by atoms with van der Waals surface area (Å²) in [4.78, 5) is 13.2. The summed E-state index contributed by atoms with van der Waals surface area (Å²) < 4.78 is 5.16. The van der Waals surface area contributed by atoms with Crippen LogP contribution in [0.1, 0.15) is 18.4 Å². The van der Waals surface area contributed by atoms with Crippen molar-refractivity contribution in [1.82, 2.24) is 5.32 Å². The summed E-state index contributed by atoms with van der Waals surface area (Å²) in [7, 11) is 1.65. The van der Waals surface area contributed by atoms with Crippen LogP contribution in [0.5, 0.6) is 0 Å². The van der Waals surface area contributed by atoms with Crippen molar-refractivity contribution in [2.24, 2.45) is 0 Å². The topological polar surface area (TPSA) is 67.6 Å². The second kappa shape index (κ2) is 7.38. The smallest absolute Gasteiger partial charge is 0.295 e. The van der Waals surface area contributed by atoms with Gasteiger partial charge in [-0.25, -0.2) is 0 Å². The Hall–Kier alpha value is -1.66. The summed E-state index contributed by atoms with van der Waals surface area (Å²) in [6.07, 6.45) is 2.28. The van der Waals surface area contributed by atoms with E-state index in [1.165, 1.54) is 6.42 Å². The minimum atomic E-state index is -0.285. The maximum Gasteiger partial charge on any atom is 0.295 e. The van der Waals surface area contributed by atoms with Crippen LogP contribution in [-0.2, 0) is 4.74 Å².